The van der Waals surface area contributed by atoms with E-state index >= 15 is 0 Å². The molecule has 0 aromatic carbocycles. The van der Waals surface area contributed by atoms with E-state index < -0.39 is 0 Å². The van der Waals surface area contributed by atoms with E-state index in [0.29, 0.717) is 0 Å². The summed E-state index contributed by atoms with van der Waals surface area (Å²) in [4.78, 5) is 0. The van der Waals surface area contributed by atoms with Crippen molar-refractivity contribution < 1.29 is 0 Å². The zero-order valence-electron chi connectivity index (χ0n) is 7.57. The summed E-state index contributed by atoms with van der Waals surface area (Å²) < 4.78 is 0. The molecule has 0 fully saturated rings. The van der Waals surface area contributed by atoms with Crippen molar-refractivity contribution >= 4 is 12.6 Å². The molecule has 0 heterocycles. The maximum atomic E-state index is 3.53. The molecule has 0 saturated heterocycles. The zero-order valence-corrected chi connectivity index (χ0v) is 8.46. The van der Waals surface area contributed by atoms with Gasteiger partial charge in [-0.1, -0.05) is 47.0 Å². The van der Waals surface area contributed by atoms with Crippen molar-refractivity contribution in [3.63, 3.8) is 0 Å². The predicted octanol–water partition coefficient (Wildman–Crippen LogP) is 3.77. The molecule has 0 spiro atoms. The Morgan fingerprint density at radius 3 is 1.11 bits per heavy atom. The van der Waals surface area contributed by atoms with Crippen LogP contribution >= 0.6 is 12.6 Å². The Morgan fingerprint density at radius 1 is 0.889 bits per heavy atom. The fourth-order valence-electron chi connectivity index (χ4n) is 0.354. The molecule has 0 N–H and O–H groups in total. The molecule has 0 aliphatic rings. The normalized spacial score (nSPS) is 6.00. The van der Waals surface area contributed by atoms with Crippen molar-refractivity contribution in [1.82, 2.24) is 0 Å². The standard InChI is InChI=1S/C5H12.C2H6.CH4S/c1-3-5-4-2;2*1-2/h3-5H2,1-2H3;1-2H3;2H,1H3. The Balaban J connectivity index is -0.0000000771. The van der Waals surface area contributed by atoms with E-state index in [9.17, 15) is 0 Å². The van der Waals surface area contributed by atoms with Gasteiger partial charge in [-0.25, -0.2) is 0 Å². The van der Waals surface area contributed by atoms with Crippen molar-refractivity contribution in [3.05, 3.63) is 0 Å². The molecular formula is C8H22S. The molecule has 0 aliphatic heterocycles. The van der Waals surface area contributed by atoms with Crippen LogP contribution in [-0.2, 0) is 0 Å². The lowest BCUT2D eigenvalue weighted by Gasteiger charge is -1.79. The van der Waals surface area contributed by atoms with Crippen LogP contribution in [0.4, 0.5) is 0 Å². The highest BCUT2D eigenvalue weighted by atomic mass is 32.1. The molecule has 0 aromatic heterocycles. The first kappa shape index (κ1) is 16.2. The fourth-order valence-corrected chi connectivity index (χ4v) is 0.354. The summed E-state index contributed by atoms with van der Waals surface area (Å²) >= 11 is 3.53. The lowest BCUT2D eigenvalue weighted by atomic mass is 10.3. The maximum Gasteiger partial charge on any atom is -0.0215 e. The Hall–Kier alpha value is 0.350. The van der Waals surface area contributed by atoms with Gasteiger partial charge in [0.2, 0.25) is 0 Å². The molecule has 0 rings (SSSR count). The van der Waals surface area contributed by atoms with Crippen LogP contribution in [0.3, 0.4) is 0 Å². The van der Waals surface area contributed by atoms with Gasteiger partial charge in [-0.05, 0) is 6.26 Å². The van der Waals surface area contributed by atoms with Crippen molar-refractivity contribution in [1.29, 1.82) is 0 Å². The first-order chi connectivity index (χ1) is 4.41. The number of hydrogen-bond donors (Lipinski definition) is 1. The minimum atomic E-state index is 1.34. The predicted molar refractivity (Wildman–Crippen MR) is 51.5 cm³/mol. The molecule has 0 saturated carbocycles. The average Bonchev–Trinajstić information content (AvgIpc) is 1.98. The van der Waals surface area contributed by atoms with E-state index in [2.05, 4.69) is 26.5 Å². The van der Waals surface area contributed by atoms with Crippen LogP contribution in [0.25, 0.3) is 0 Å². The minimum absolute atomic E-state index is 1.34. The molecule has 0 amide bonds. The molecule has 9 heavy (non-hydrogen) atoms. The van der Waals surface area contributed by atoms with Gasteiger partial charge in [-0.3, -0.25) is 0 Å². The van der Waals surface area contributed by atoms with Crippen molar-refractivity contribution in [2.75, 3.05) is 6.26 Å². The third kappa shape index (κ3) is 61.0. The van der Waals surface area contributed by atoms with Crippen LogP contribution in [0, 0.1) is 0 Å². The molecule has 0 radical (unpaired) electrons. The Bertz CT molecular complexity index is 12.0. The van der Waals surface area contributed by atoms with Gasteiger partial charge in [0.25, 0.3) is 0 Å². The van der Waals surface area contributed by atoms with Crippen LogP contribution in [0.5, 0.6) is 0 Å². The van der Waals surface area contributed by atoms with Gasteiger partial charge in [0, 0.05) is 0 Å². The van der Waals surface area contributed by atoms with Crippen LogP contribution < -0.4 is 0 Å². The summed E-state index contributed by atoms with van der Waals surface area (Å²) in [5.74, 6) is 0. The molecule has 0 aliphatic carbocycles. The minimum Gasteiger partial charge on any atom is -0.183 e. The van der Waals surface area contributed by atoms with Gasteiger partial charge in [-0.2, -0.15) is 12.6 Å². The fraction of sp³-hybridized carbons (Fsp3) is 1.00. The van der Waals surface area contributed by atoms with Crippen molar-refractivity contribution in [3.8, 4) is 0 Å². The Labute approximate surface area is 66.5 Å². The second kappa shape index (κ2) is 40.2. The highest BCUT2D eigenvalue weighted by molar-refractivity contribution is 7.79. The number of thiol groups is 1. The summed E-state index contributed by atoms with van der Waals surface area (Å²) in [5, 5.41) is 0. The third-order valence-corrected chi connectivity index (χ3v) is 0.707. The summed E-state index contributed by atoms with van der Waals surface area (Å²) in [6.07, 6.45) is 5.77. The average molecular weight is 150 g/mol. The number of rotatable bonds is 2. The van der Waals surface area contributed by atoms with Crippen LogP contribution in [0.1, 0.15) is 47.0 Å². The first-order valence-corrected chi connectivity index (χ1v) is 4.76. The maximum absolute atomic E-state index is 3.53. The topological polar surface area (TPSA) is 0 Å². The highest BCUT2D eigenvalue weighted by Crippen LogP contribution is 1.88. The lowest BCUT2D eigenvalue weighted by Crippen LogP contribution is -1.59. The van der Waals surface area contributed by atoms with Crippen LogP contribution in [0.2, 0.25) is 0 Å². The number of hydrogen-bond acceptors (Lipinski definition) is 1. The first-order valence-electron chi connectivity index (χ1n) is 3.86. The van der Waals surface area contributed by atoms with Gasteiger partial charge in [-0.15, -0.1) is 0 Å². The van der Waals surface area contributed by atoms with E-state index in [-0.39, 0.29) is 0 Å². The quantitative estimate of drug-likeness (QED) is 0.569. The smallest absolute Gasteiger partial charge is 0.0215 e. The van der Waals surface area contributed by atoms with E-state index in [1.54, 1.807) is 6.26 Å². The van der Waals surface area contributed by atoms with Gasteiger partial charge >= 0.3 is 0 Å². The molecule has 0 bridgehead atoms. The molecule has 1 heteroatoms. The SMILES string of the molecule is CC.CCCCC.CS. The van der Waals surface area contributed by atoms with Gasteiger partial charge < -0.3 is 0 Å². The van der Waals surface area contributed by atoms with Crippen LogP contribution in [0.15, 0.2) is 0 Å². The number of unbranched alkanes of at least 4 members (excludes halogenated alkanes) is 2. The van der Waals surface area contributed by atoms with E-state index in [4.69, 9.17) is 0 Å². The Kier molecular flexibility index (Phi) is 72.2. The summed E-state index contributed by atoms with van der Waals surface area (Å²) in [6, 6.07) is 0. The van der Waals surface area contributed by atoms with E-state index in [0.717, 1.165) is 0 Å². The molecule has 0 aromatic rings. The zero-order chi connectivity index (χ0) is 8.12. The monoisotopic (exact) mass is 150 g/mol. The van der Waals surface area contributed by atoms with Crippen molar-refractivity contribution in [2.24, 2.45) is 0 Å². The largest absolute Gasteiger partial charge is 0.183 e. The van der Waals surface area contributed by atoms with E-state index in [1.165, 1.54) is 19.3 Å². The van der Waals surface area contributed by atoms with Gasteiger partial charge in [0.1, 0.15) is 0 Å². The molecule has 0 nitrogen and oxygen atoms in total. The highest BCUT2D eigenvalue weighted by Gasteiger charge is 1.68. The lowest BCUT2D eigenvalue weighted by molar-refractivity contribution is 0.772. The molecule has 0 unspecified atom stereocenters. The van der Waals surface area contributed by atoms with Gasteiger partial charge in [0.15, 0.2) is 0 Å². The van der Waals surface area contributed by atoms with Gasteiger partial charge in [0.05, 0.1) is 0 Å². The third-order valence-electron chi connectivity index (χ3n) is 0.707. The van der Waals surface area contributed by atoms with Crippen LogP contribution in [-0.4, -0.2) is 6.26 Å². The molecule has 0 atom stereocenters. The van der Waals surface area contributed by atoms with Crippen molar-refractivity contribution in [2.45, 2.75) is 47.0 Å². The molecular weight excluding hydrogens is 128 g/mol. The summed E-state index contributed by atoms with van der Waals surface area (Å²) in [6.45, 7) is 8.42. The van der Waals surface area contributed by atoms with E-state index in [1.807, 2.05) is 13.8 Å². The Morgan fingerprint density at radius 2 is 1.11 bits per heavy atom. The summed E-state index contributed by atoms with van der Waals surface area (Å²) in [7, 11) is 0. The second-order valence-corrected chi connectivity index (χ2v) is 1.35. The molecule has 60 valence electrons. The second-order valence-electron chi connectivity index (χ2n) is 1.35. The summed E-state index contributed by atoms with van der Waals surface area (Å²) in [5.41, 5.74) is 0.